The number of hydrogen-bond acceptors (Lipinski definition) is 4. The molecule has 19 heavy (non-hydrogen) atoms. The highest BCUT2D eigenvalue weighted by molar-refractivity contribution is 6.29. The van der Waals surface area contributed by atoms with E-state index in [0.717, 1.165) is 13.0 Å². The summed E-state index contributed by atoms with van der Waals surface area (Å²) < 4.78 is 0. The number of hydrogen-bond donors (Lipinski definition) is 3. The highest BCUT2D eigenvalue weighted by Gasteiger charge is 2.15. The third-order valence-electron chi connectivity index (χ3n) is 2.39. The third kappa shape index (κ3) is 4.75. The SMILES string of the molecule is CCCNc1cc(C(=O)NC(C)C(N)=O)cc(Cl)n1. The lowest BCUT2D eigenvalue weighted by atomic mass is 10.2. The molecule has 0 aliphatic carbocycles. The summed E-state index contributed by atoms with van der Waals surface area (Å²) in [6.07, 6.45) is 0.925. The van der Waals surface area contributed by atoms with E-state index >= 15 is 0 Å². The minimum absolute atomic E-state index is 0.206. The Balaban J connectivity index is 2.84. The van der Waals surface area contributed by atoms with E-state index in [4.69, 9.17) is 17.3 Å². The number of aromatic nitrogens is 1. The van der Waals surface area contributed by atoms with Gasteiger partial charge in [-0.15, -0.1) is 0 Å². The van der Waals surface area contributed by atoms with Crippen LogP contribution < -0.4 is 16.4 Å². The number of primary amides is 1. The average Bonchev–Trinajstić information content (AvgIpc) is 2.35. The minimum atomic E-state index is -0.744. The molecule has 1 atom stereocenters. The molecule has 6 nitrogen and oxygen atoms in total. The molecule has 0 fully saturated rings. The van der Waals surface area contributed by atoms with E-state index in [2.05, 4.69) is 15.6 Å². The number of carbonyl (C=O) groups is 2. The van der Waals surface area contributed by atoms with Gasteiger partial charge in [-0.3, -0.25) is 9.59 Å². The van der Waals surface area contributed by atoms with Crippen LogP contribution in [0.1, 0.15) is 30.6 Å². The van der Waals surface area contributed by atoms with Crippen molar-refractivity contribution in [1.29, 1.82) is 0 Å². The molecular weight excluding hydrogens is 268 g/mol. The molecule has 1 aromatic rings. The fourth-order valence-corrected chi connectivity index (χ4v) is 1.53. The zero-order chi connectivity index (χ0) is 14.4. The van der Waals surface area contributed by atoms with Crippen LogP contribution >= 0.6 is 11.6 Å². The van der Waals surface area contributed by atoms with Crippen molar-refractivity contribution in [2.45, 2.75) is 26.3 Å². The van der Waals surface area contributed by atoms with Crippen molar-refractivity contribution in [2.24, 2.45) is 5.73 Å². The molecule has 4 N–H and O–H groups in total. The molecule has 1 unspecified atom stereocenters. The lowest BCUT2D eigenvalue weighted by Gasteiger charge is -2.11. The number of nitrogens with zero attached hydrogens (tertiary/aromatic N) is 1. The summed E-state index contributed by atoms with van der Waals surface area (Å²) in [5, 5.41) is 5.72. The van der Waals surface area contributed by atoms with Gasteiger partial charge in [0.15, 0.2) is 0 Å². The summed E-state index contributed by atoms with van der Waals surface area (Å²) in [7, 11) is 0. The van der Waals surface area contributed by atoms with Gasteiger partial charge in [0.2, 0.25) is 5.91 Å². The van der Waals surface area contributed by atoms with Gasteiger partial charge in [0.05, 0.1) is 0 Å². The van der Waals surface area contributed by atoms with Crippen molar-refractivity contribution in [1.82, 2.24) is 10.3 Å². The number of amides is 2. The predicted octanol–water partition coefficient (Wildman–Crippen LogP) is 1.16. The van der Waals surface area contributed by atoms with Crippen molar-refractivity contribution >= 4 is 29.2 Å². The highest BCUT2D eigenvalue weighted by atomic mass is 35.5. The lowest BCUT2D eigenvalue weighted by molar-refractivity contribution is -0.119. The topological polar surface area (TPSA) is 97.1 Å². The maximum absolute atomic E-state index is 11.9. The maximum atomic E-state index is 11.9. The molecule has 0 saturated heterocycles. The molecule has 0 bridgehead atoms. The number of halogens is 1. The summed E-state index contributed by atoms with van der Waals surface area (Å²) in [4.78, 5) is 26.9. The van der Waals surface area contributed by atoms with Crippen molar-refractivity contribution in [3.63, 3.8) is 0 Å². The summed E-state index contributed by atoms with van der Waals surface area (Å²) in [5.74, 6) is -0.501. The molecule has 2 amide bonds. The monoisotopic (exact) mass is 284 g/mol. The fraction of sp³-hybridized carbons (Fsp3) is 0.417. The number of pyridine rings is 1. The second kappa shape index (κ2) is 6.94. The molecule has 1 aromatic heterocycles. The van der Waals surface area contributed by atoms with Crippen LogP contribution in [0, 0.1) is 0 Å². The first-order chi connectivity index (χ1) is 8.93. The Bertz CT molecular complexity index is 479. The van der Waals surface area contributed by atoms with Crippen LogP contribution in [0.15, 0.2) is 12.1 Å². The third-order valence-corrected chi connectivity index (χ3v) is 2.58. The van der Waals surface area contributed by atoms with Gasteiger partial charge in [-0.2, -0.15) is 0 Å². The molecule has 104 valence electrons. The van der Waals surface area contributed by atoms with E-state index in [1.807, 2.05) is 6.92 Å². The van der Waals surface area contributed by atoms with Crippen molar-refractivity contribution in [2.75, 3.05) is 11.9 Å². The Morgan fingerprint density at radius 2 is 2.16 bits per heavy atom. The van der Waals surface area contributed by atoms with E-state index in [1.165, 1.54) is 13.0 Å². The fourth-order valence-electron chi connectivity index (χ4n) is 1.32. The van der Waals surface area contributed by atoms with Gasteiger partial charge in [0, 0.05) is 12.1 Å². The Hall–Kier alpha value is -1.82. The molecule has 0 spiro atoms. The van der Waals surface area contributed by atoms with Crippen molar-refractivity contribution in [3.8, 4) is 0 Å². The molecular formula is C12H17ClN4O2. The van der Waals surface area contributed by atoms with Crippen molar-refractivity contribution in [3.05, 3.63) is 22.8 Å². The Morgan fingerprint density at radius 1 is 1.47 bits per heavy atom. The standard InChI is InChI=1S/C12H17ClN4O2/c1-3-4-15-10-6-8(5-9(13)17-10)12(19)16-7(2)11(14)18/h5-7H,3-4H2,1-2H3,(H2,14,18)(H,15,17)(H,16,19). The lowest BCUT2D eigenvalue weighted by Crippen LogP contribution is -2.42. The van der Waals surface area contributed by atoms with Gasteiger partial charge in [-0.05, 0) is 25.5 Å². The van der Waals surface area contributed by atoms with Gasteiger partial charge < -0.3 is 16.4 Å². The van der Waals surface area contributed by atoms with Gasteiger partial charge in [-0.1, -0.05) is 18.5 Å². The summed E-state index contributed by atoms with van der Waals surface area (Å²) in [5.41, 5.74) is 5.41. The predicted molar refractivity (Wildman–Crippen MR) is 74.2 cm³/mol. The Kier molecular flexibility index (Phi) is 5.57. The van der Waals surface area contributed by atoms with Crippen LogP contribution in [0.2, 0.25) is 5.15 Å². The first-order valence-corrected chi connectivity index (χ1v) is 6.33. The molecule has 0 radical (unpaired) electrons. The first kappa shape index (κ1) is 15.2. The molecule has 0 aliphatic heterocycles. The van der Waals surface area contributed by atoms with Gasteiger partial charge in [0.1, 0.15) is 17.0 Å². The number of nitrogens with one attached hydrogen (secondary N) is 2. The summed E-state index contributed by atoms with van der Waals surface area (Å²) in [6, 6.07) is 2.26. The van der Waals surface area contributed by atoms with Crippen LogP contribution in [0.5, 0.6) is 0 Å². The molecule has 0 aromatic carbocycles. The van der Waals surface area contributed by atoms with Crippen LogP contribution in [-0.4, -0.2) is 29.4 Å². The van der Waals surface area contributed by atoms with Gasteiger partial charge >= 0.3 is 0 Å². The summed E-state index contributed by atoms with van der Waals surface area (Å²) in [6.45, 7) is 4.26. The van der Waals surface area contributed by atoms with Gasteiger partial charge in [-0.25, -0.2) is 4.98 Å². The van der Waals surface area contributed by atoms with Crippen LogP contribution in [0.3, 0.4) is 0 Å². The number of carbonyl (C=O) groups excluding carboxylic acids is 2. The zero-order valence-electron chi connectivity index (χ0n) is 10.9. The average molecular weight is 285 g/mol. The smallest absolute Gasteiger partial charge is 0.252 e. The van der Waals surface area contributed by atoms with Crippen LogP contribution in [0.4, 0.5) is 5.82 Å². The quantitative estimate of drug-likeness (QED) is 0.683. The van der Waals surface area contributed by atoms with Crippen molar-refractivity contribution < 1.29 is 9.59 Å². The van der Waals surface area contributed by atoms with E-state index in [1.54, 1.807) is 6.07 Å². The largest absolute Gasteiger partial charge is 0.370 e. The van der Waals surface area contributed by atoms with E-state index in [9.17, 15) is 9.59 Å². The maximum Gasteiger partial charge on any atom is 0.252 e. The molecule has 0 saturated carbocycles. The summed E-state index contributed by atoms with van der Waals surface area (Å²) >= 11 is 5.85. The van der Waals surface area contributed by atoms with Crippen LogP contribution in [-0.2, 0) is 4.79 Å². The normalized spacial score (nSPS) is 11.7. The Morgan fingerprint density at radius 3 is 2.74 bits per heavy atom. The molecule has 7 heteroatoms. The van der Waals surface area contributed by atoms with Crippen LogP contribution in [0.25, 0.3) is 0 Å². The number of nitrogens with two attached hydrogens (primary N) is 1. The number of anilines is 1. The zero-order valence-corrected chi connectivity index (χ0v) is 11.6. The van der Waals surface area contributed by atoms with E-state index in [-0.39, 0.29) is 5.15 Å². The second-order valence-electron chi connectivity index (χ2n) is 4.09. The second-order valence-corrected chi connectivity index (χ2v) is 4.48. The minimum Gasteiger partial charge on any atom is -0.370 e. The number of rotatable bonds is 6. The first-order valence-electron chi connectivity index (χ1n) is 5.95. The molecule has 0 aliphatic rings. The molecule has 1 heterocycles. The highest BCUT2D eigenvalue weighted by Crippen LogP contribution is 2.14. The van der Waals surface area contributed by atoms with E-state index < -0.39 is 17.9 Å². The van der Waals surface area contributed by atoms with Gasteiger partial charge in [0.25, 0.3) is 5.91 Å². The molecule has 1 rings (SSSR count). The van der Waals surface area contributed by atoms with E-state index in [0.29, 0.717) is 11.4 Å². The Labute approximate surface area is 116 Å².